The summed E-state index contributed by atoms with van der Waals surface area (Å²) in [5, 5.41) is 8.32. The van der Waals surface area contributed by atoms with Crippen molar-refractivity contribution in [1.82, 2.24) is 0 Å². The quantitative estimate of drug-likeness (QED) is 0.173. The Bertz CT molecular complexity index is 1130. The molecule has 0 saturated heterocycles. The number of benzene rings is 3. The number of halogens is 4. The molecule has 0 aliphatic rings. The van der Waals surface area contributed by atoms with Crippen LogP contribution in [0.3, 0.4) is 0 Å². The first-order chi connectivity index (χ1) is 15.2. The van der Waals surface area contributed by atoms with Gasteiger partial charge in [-0.15, -0.1) is 11.8 Å². The molecule has 0 atom stereocenters. The molecule has 3 rings (SSSR count). The van der Waals surface area contributed by atoms with E-state index in [0.717, 1.165) is 23.0 Å². The number of thioether (sulfide) groups is 1. The maximum Gasteiger partial charge on any atom is 0.234 e. The SMILES string of the molecule is Cc1ccc(NC(=S)Nc2cccc(SCC(=O)Nc3c(F)c(F)cc(F)c3F)c2)cc1. The van der Waals surface area contributed by atoms with Crippen LogP contribution in [0.4, 0.5) is 34.6 Å². The standard InChI is InChI=1S/C22H17F4N3OS2/c1-12-5-7-13(8-6-12)27-22(31)28-14-3-2-4-15(9-14)32-11-18(30)29-21-19(25)16(23)10-17(24)20(21)26/h2-10H,11H2,1H3,(H,29,30)(H2,27,28,31). The van der Waals surface area contributed by atoms with Crippen molar-refractivity contribution in [2.75, 3.05) is 21.7 Å². The monoisotopic (exact) mass is 479 g/mol. The van der Waals surface area contributed by atoms with Gasteiger partial charge in [-0.2, -0.15) is 0 Å². The van der Waals surface area contributed by atoms with E-state index in [0.29, 0.717) is 15.7 Å². The van der Waals surface area contributed by atoms with Crippen LogP contribution < -0.4 is 16.0 Å². The molecular formula is C22H17F4N3OS2. The van der Waals surface area contributed by atoms with Gasteiger partial charge in [-0.1, -0.05) is 23.8 Å². The smallest absolute Gasteiger partial charge is 0.234 e. The average Bonchev–Trinajstić information content (AvgIpc) is 2.76. The lowest BCUT2D eigenvalue weighted by Crippen LogP contribution is -2.19. The number of hydrogen-bond donors (Lipinski definition) is 3. The summed E-state index contributed by atoms with van der Waals surface area (Å²) in [4.78, 5) is 12.7. The Morgan fingerprint density at radius 2 is 1.50 bits per heavy atom. The van der Waals surface area contributed by atoms with E-state index in [4.69, 9.17) is 12.2 Å². The lowest BCUT2D eigenvalue weighted by molar-refractivity contribution is -0.113. The molecule has 0 fully saturated rings. The van der Waals surface area contributed by atoms with E-state index in [9.17, 15) is 22.4 Å². The van der Waals surface area contributed by atoms with Crippen LogP contribution in [0.15, 0.2) is 59.5 Å². The number of carbonyl (C=O) groups excluding carboxylic acids is 1. The fourth-order valence-corrected chi connectivity index (χ4v) is 3.59. The Kier molecular flexibility index (Phi) is 7.70. The number of amides is 1. The Balaban J connectivity index is 1.57. The molecule has 0 aliphatic heterocycles. The molecule has 0 aliphatic carbocycles. The summed E-state index contributed by atoms with van der Waals surface area (Å²) in [6.45, 7) is 1.98. The zero-order chi connectivity index (χ0) is 23.3. The normalized spacial score (nSPS) is 10.5. The first kappa shape index (κ1) is 23.6. The van der Waals surface area contributed by atoms with Gasteiger partial charge in [0.1, 0.15) is 5.69 Å². The first-order valence-corrected chi connectivity index (χ1v) is 10.6. The molecule has 0 bridgehead atoms. The molecule has 1 amide bonds. The van der Waals surface area contributed by atoms with Gasteiger partial charge in [0.2, 0.25) is 5.91 Å². The Morgan fingerprint density at radius 1 is 0.875 bits per heavy atom. The minimum Gasteiger partial charge on any atom is -0.332 e. The summed E-state index contributed by atoms with van der Waals surface area (Å²) < 4.78 is 53.9. The van der Waals surface area contributed by atoms with Crippen molar-refractivity contribution in [3.05, 3.63) is 83.4 Å². The molecule has 166 valence electrons. The molecular weight excluding hydrogens is 462 g/mol. The van der Waals surface area contributed by atoms with Crippen LogP contribution in [0.5, 0.6) is 0 Å². The van der Waals surface area contributed by atoms with Gasteiger partial charge in [-0.3, -0.25) is 4.79 Å². The predicted molar refractivity (Wildman–Crippen MR) is 123 cm³/mol. The summed E-state index contributed by atoms with van der Waals surface area (Å²) in [5.74, 6) is -7.59. The van der Waals surface area contributed by atoms with Crippen LogP contribution in [-0.4, -0.2) is 16.8 Å². The third-order valence-corrected chi connectivity index (χ3v) is 5.35. The van der Waals surface area contributed by atoms with E-state index in [1.165, 1.54) is 0 Å². The highest BCUT2D eigenvalue weighted by Gasteiger charge is 2.20. The summed E-state index contributed by atoms with van der Waals surface area (Å²) in [6, 6.07) is 14.7. The van der Waals surface area contributed by atoms with Crippen molar-refractivity contribution >= 4 is 52.1 Å². The van der Waals surface area contributed by atoms with Crippen LogP contribution in [-0.2, 0) is 4.79 Å². The van der Waals surface area contributed by atoms with Gasteiger partial charge >= 0.3 is 0 Å². The zero-order valence-electron chi connectivity index (χ0n) is 16.6. The van der Waals surface area contributed by atoms with Gasteiger partial charge in [-0.05, 0) is 49.5 Å². The van der Waals surface area contributed by atoms with Crippen LogP contribution in [0.25, 0.3) is 0 Å². The largest absolute Gasteiger partial charge is 0.332 e. The second-order valence-electron chi connectivity index (χ2n) is 6.65. The minimum atomic E-state index is -1.66. The van der Waals surface area contributed by atoms with Gasteiger partial charge in [0, 0.05) is 22.3 Å². The highest BCUT2D eigenvalue weighted by atomic mass is 32.2. The molecule has 0 saturated carbocycles. The molecule has 32 heavy (non-hydrogen) atoms. The molecule has 0 unspecified atom stereocenters. The third-order valence-electron chi connectivity index (χ3n) is 4.15. The molecule has 0 aromatic heterocycles. The second kappa shape index (κ2) is 10.5. The van der Waals surface area contributed by atoms with Crippen LogP contribution >= 0.6 is 24.0 Å². The Morgan fingerprint density at radius 3 is 2.16 bits per heavy atom. The summed E-state index contributed by atoms with van der Waals surface area (Å²) in [6.07, 6.45) is 0. The second-order valence-corrected chi connectivity index (χ2v) is 8.11. The number of anilines is 3. The summed E-state index contributed by atoms with van der Waals surface area (Å²) >= 11 is 6.36. The van der Waals surface area contributed by atoms with E-state index in [-0.39, 0.29) is 11.8 Å². The maximum atomic E-state index is 13.7. The average molecular weight is 480 g/mol. The van der Waals surface area contributed by atoms with Gasteiger partial charge < -0.3 is 16.0 Å². The highest BCUT2D eigenvalue weighted by Crippen LogP contribution is 2.26. The van der Waals surface area contributed by atoms with Crippen LogP contribution in [0, 0.1) is 30.2 Å². The number of aryl methyl sites for hydroxylation is 1. The number of carbonyl (C=O) groups is 1. The number of thiocarbonyl (C=S) groups is 1. The molecule has 3 N–H and O–H groups in total. The van der Waals surface area contributed by atoms with E-state index in [1.807, 2.05) is 36.5 Å². The molecule has 10 heteroatoms. The van der Waals surface area contributed by atoms with Crippen molar-refractivity contribution in [2.45, 2.75) is 11.8 Å². The molecule has 0 heterocycles. The predicted octanol–water partition coefficient (Wildman–Crippen LogP) is 6.09. The molecule has 4 nitrogen and oxygen atoms in total. The van der Waals surface area contributed by atoms with Crippen molar-refractivity contribution < 1.29 is 22.4 Å². The number of nitrogens with one attached hydrogen (secondary N) is 3. The van der Waals surface area contributed by atoms with E-state index >= 15 is 0 Å². The fourth-order valence-electron chi connectivity index (χ4n) is 2.60. The molecule has 0 spiro atoms. The first-order valence-electron chi connectivity index (χ1n) is 9.23. The molecule has 0 radical (unpaired) electrons. The van der Waals surface area contributed by atoms with E-state index in [1.54, 1.807) is 24.3 Å². The summed E-state index contributed by atoms with van der Waals surface area (Å²) in [5.41, 5.74) is 1.44. The van der Waals surface area contributed by atoms with Gasteiger partial charge in [-0.25, -0.2) is 17.6 Å². The van der Waals surface area contributed by atoms with Crippen molar-refractivity contribution in [3.8, 4) is 0 Å². The summed E-state index contributed by atoms with van der Waals surface area (Å²) in [7, 11) is 0. The third kappa shape index (κ3) is 6.21. The van der Waals surface area contributed by atoms with Crippen molar-refractivity contribution in [1.29, 1.82) is 0 Å². The number of hydrogen-bond acceptors (Lipinski definition) is 3. The van der Waals surface area contributed by atoms with Crippen LogP contribution in [0.1, 0.15) is 5.56 Å². The van der Waals surface area contributed by atoms with Gasteiger partial charge in [0.15, 0.2) is 28.4 Å². The Labute approximate surface area is 191 Å². The van der Waals surface area contributed by atoms with E-state index < -0.39 is 34.9 Å². The lowest BCUT2D eigenvalue weighted by atomic mass is 10.2. The highest BCUT2D eigenvalue weighted by molar-refractivity contribution is 8.00. The topological polar surface area (TPSA) is 53.2 Å². The lowest BCUT2D eigenvalue weighted by Gasteiger charge is -2.12. The molecule has 3 aromatic rings. The van der Waals surface area contributed by atoms with E-state index in [2.05, 4.69) is 10.6 Å². The molecule has 3 aromatic carbocycles. The van der Waals surface area contributed by atoms with Gasteiger partial charge in [0.05, 0.1) is 5.75 Å². The Hall–Kier alpha value is -3.11. The fraction of sp³-hybridized carbons (Fsp3) is 0.0909. The van der Waals surface area contributed by atoms with Gasteiger partial charge in [0.25, 0.3) is 0 Å². The van der Waals surface area contributed by atoms with Crippen molar-refractivity contribution in [3.63, 3.8) is 0 Å². The van der Waals surface area contributed by atoms with Crippen molar-refractivity contribution in [2.24, 2.45) is 0 Å². The minimum absolute atomic E-state index is 0.0751. The number of rotatable bonds is 6. The zero-order valence-corrected chi connectivity index (χ0v) is 18.3. The van der Waals surface area contributed by atoms with Crippen LogP contribution in [0.2, 0.25) is 0 Å². The maximum absolute atomic E-state index is 13.7.